The number of nitrogens with two attached hydrogens (primary N) is 1. The van der Waals surface area contributed by atoms with E-state index in [2.05, 4.69) is 20.6 Å². The lowest BCUT2D eigenvalue weighted by Gasteiger charge is -2.02. The first-order valence-corrected chi connectivity index (χ1v) is 3.56. The molecule has 0 rings (SSSR count). The van der Waals surface area contributed by atoms with Gasteiger partial charge in [0.2, 0.25) is 5.91 Å². The van der Waals surface area contributed by atoms with Gasteiger partial charge in [-0.1, -0.05) is 0 Å². The number of carbonyl (C=O) groups excluding carboxylic acids is 1. The van der Waals surface area contributed by atoms with E-state index in [-0.39, 0.29) is 12.5 Å². The summed E-state index contributed by atoms with van der Waals surface area (Å²) in [6.07, 6.45) is 1.34. The maximum absolute atomic E-state index is 10.8. The van der Waals surface area contributed by atoms with Crippen molar-refractivity contribution in [3.05, 3.63) is 0 Å². The van der Waals surface area contributed by atoms with Crippen molar-refractivity contribution in [1.82, 2.24) is 10.8 Å². The van der Waals surface area contributed by atoms with E-state index in [0.717, 1.165) is 0 Å². The molecule has 0 aromatic heterocycles. The summed E-state index contributed by atoms with van der Waals surface area (Å²) in [5.41, 5.74) is 7.52. The van der Waals surface area contributed by atoms with Gasteiger partial charge in [-0.3, -0.25) is 20.1 Å². The molecule has 70 valence electrons. The van der Waals surface area contributed by atoms with Gasteiger partial charge < -0.3 is 11.1 Å². The molecular formula is C6H14N4O2. The lowest BCUT2D eigenvalue weighted by atomic mass is 10.6. The first-order valence-electron chi connectivity index (χ1n) is 3.56. The first-order chi connectivity index (χ1) is 5.81. The molecule has 1 amide bonds. The Morgan fingerprint density at radius 1 is 1.75 bits per heavy atom. The third-order valence-corrected chi connectivity index (χ3v) is 0.935. The first kappa shape index (κ1) is 10.9. The van der Waals surface area contributed by atoms with Crippen LogP contribution in [-0.2, 0) is 9.63 Å². The maximum atomic E-state index is 10.8. The van der Waals surface area contributed by atoms with Crippen LogP contribution in [0, 0.1) is 0 Å². The molecule has 0 unspecified atom stereocenters. The molecule has 6 heteroatoms. The molecule has 0 heterocycles. The van der Waals surface area contributed by atoms with Gasteiger partial charge in [0.25, 0.3) is 0 Å². The number of carbonyl (C=O) groups is 1. The fourth-order valence-corrected chi connectivity index (χ4v) is 0.460. The molecule has 0 aliphatic carbocycles. The van der Waals surface area contributed by atoms with E-state index in [4.69, 9.17) is 5.73 Å². The minimum atomic E-state index is -0.211. The monoisotopic (exact) mass is 174 g/mol. The zero-order chi connectivity index (χ0) is 9.23. The van der Waals surface area contributed by atoms with Crippen LogP contribution in [0.1, 0.15) is 0 Å². The predicted octanol–water partition coefficient (Wildman–Crippen LogP) is -1.76. The number of amides is 1. The number of aliphatic imine (C=N–C) groups is 1. The Morgan fingerprint density at radius 3 is 3.08 bits per heavy atom. The standard InChI is InChI=1S/C6H14N4O2/c1-8-5-10-12-4-6(11)9-3-2-7/h5H,2-4,7H2,1H3,(H,8,10)(H,9,11). The van der Waals surface area contributed by atoms with E-state index in [1.54, 1.807) is 7.05 Å². The van der Waals surface area contributed by atoms with Gasteiger partial charge in [0.1, 0.15) is 6.34 Å². The largest absolute Gasteiger partial charge is 0.353 e. The molecule has 0 radical (unpaired) electrons. The Hall–Kier alpha value is -1.14. The highest BCUT2D eigenvalue weighted by Gasteiger charge is 1.97. The van der Waals surface area contributed by atoms with Crippen LogP contribution < -0.4 is 16.5 Å². The normalized spacial score (nSPS) is 10.2. The highest BCUT2D eigenvalue weighted by molar-refractivity contribution is 5.77. The average Bonchev–Trinajstić information content (AvgIpc) is 2.09. The van der Waals surface area contributed by atoms with Crippen molar-refractivity contribution in [3.8, 4) is 0 Å². The highest BCUT2D eigenvalue weighted by Crippen LogP contribution is 1.67. The Balaban J connectivity index is 3.19. The summed E-state index contributed by atoms with van der Waals surface area (Å²) in [7, 11) is 1.59. The summed E-state index contributed by atoms with van der Waals surface area (Å²) in [6.45, 7) is 0.839. The molecular weight excluding hydrogens is 160 g/mol. The van der Waals surface area contributed by atoms with Gasteiger partial charge in [-0.25, -0.2) is 0 Å². The number of nitrogens with zero attached hydrogens (tertiary/aromatic N) is 1. The summed E-state index contributed by atoms with van der Waals surface area (Å²) in [5.74, 6) is -0.211. The molecule has 0 saturated carbocycles. The molecule has 0 spiro atoms. The molecule has 0 aromatic rings. The van der Waals surface area contributed by atoms with Crippen LogP contribution in [0.2, 0.25) is 0 Å². The van der Waals surface area contributed by atoms with E-state index in [1.165, 1.54) is 6.34 Å². The average molecular weight is 174 g/mol. The molecule has 0 aliphatic heterocycles. The van der Waals surface area contributed by atoms with Crippen molar-refractivity contribution >= 4 is 12.2 Å². The van der Waals surface area contributed by atoms with Gasteiger partial charge in [0.05, 0.1) is 0 Å². The van der Waals surface area contributed by atoms with Gasteiger partial charge in [0.15, 0.2) is 6.61 Å². The SMILES string of the molecule is CN=CNOCC(=O)NCCN. The number of hydrogen-bond acceptors (Lipinski definition) is 4. The molecule has 0 atom stereocenters. The number of hydroxylamine groups is 1. The van der Waals surface area contributed by atoms with Crippen LogP contribution >= 0.6 is 0 Å². The minimum Gasteiger partial charge on any atom is -0.353 e. The van der Waals surface area contributed by atoms with Crippen molar-refractivity contribution in [3.63, 3.8) is 0 Å². The molecule has 12 heavy (non-hydrogen) atoms. The Labute approximate surface area is 71.1 Å². The van der Waals surface area contributed by atoms with Crippen LogP contribution in [0.15, 0.2) is 4.99 Å². The summed E-state index contributed by atoms with van der Waals surface area (Å²) in [5, 5.41) is 2.54. The van der Waals surface area contributed by atoms with Gasteiger partial charge >= 0.3 is 0 Å². The van der Waals surface area contributed by atoms with E-state index in [1.807, 2.05) is 0 Å². The Morgan fingerprint density at radius 2 is 2.50 bits per heavy atom. The summed E-state index contributed by atoms with van der Waals surface area (Å²) in [4.78, 5) is 19.1. The smallest absolute Gasteiger partial charge is 0.248 e. The number of rotatable bonds is 6. The second kappa shape index (κ2) is 7.96. The molecule has 4 N–H and O–H groups in total. The van der Waals surface area contributed by atoms with Crippen molar-refractivity contribution in [2.45, 2.75) is 0 Å². The number of nitrogens with one attached hydrogen (secondary N) is 2. The quantitative estimate of drug-likeness (QED) is 0.193. The molecule has 6 nitrogen and oxygen atoms in total. The van der Waals surface area contributed by atoms with Crippen molar-refractivity contribution in [1.29, 1.82) is 0 Å². The molecule has 0 saturated heterocycles. The van der Waals surface area contributed by atoms with E-state index in [0.29, 0.717) is 13.1 Å². The van der Waals surface area contributed by atoms with Crippen LogP contribution in [0.25, 0.3) is 0 Å². The van der Waals surface area contributed by atoms with Gasteiger partial charge in [0, 0.05) is 20.1 Å². The molecule has 0 fully saturated rings. The van der Waals surface area contributed by atoms with Gasteiger partial charge in [-0.15, -0.1) is 0 Å². The maximum Gasteiger partial charge on any atom is 0.248 e. The molecule has 0 aliphatic rings. The highest BCUT2D eigenvalue weighted by atomic mass is 16.6. The van der Waals surface area contributed by atoms with Crippen molar-refractivity contribution < 1.29 is 9.63 Å². The Kier molecular flexibility index (Phi) is 7.21. The Bertz CT molecular complexity index is 148. The third-order valence-electron chi connectivity index (χ3n) is 0.935. The second-order valence-corrected chi connectivity index (χ2v) is 1.93. The summed E-state index contributed by atoms with van der Waals surface area (Å²) < 4.78 is 0. The van der Waals surface area contributed by atoms with Gasteiger partial charge in [-0.2, -0.15) is 0 Å². The predicted molar refractivity (Wildman–Crippen MR) is 45.6 cm³/mol. The lowest BCUT2D eigenvalue weighted by molar-refractivity contribution is -0.126. The van der Waals surface area contributed by atoms with Crippen LogP contribution in [0.4, 0.5) is 0 Å². The molecule has 0 aromatic carbocycles. The third kappa shape index (κ3) is 6.97. The number of hydrogen-bond donors (Lipinski definition) is 3. The van der Waals surface area contributed by atoms with Crippen molar-refractivity contribution in [2.75, 3.05) is 26.7 Å². The summed E-state index contributed by atoms with van der Waals surface area (Å²) in [6, 6.07) is 0. The van der Waals surface area contributed by atoms with Crippen LogP contribution in [-0.4, -0.2) is 39.0 Å². The topological polar surface area (TPSA) is 88.7 Å². The van der Waals surface area contributed by atoms with E-state index < -0.39 is 0 Å². The van der Waals surface area contributed by atoms with Gasteiger partial charge in [-0.05, 0) is 0 Å². The lowest BCUT2D eigenvalue weighted by Crippen LogP contribution is -2.33. The fourth-order valence-electron chi connectivity index (χ4n) is 0.460. The van der Waals surface area contributed by atoms with Crippen molar-refractivity contribution in [2.24, 2.45) is 10.7 Å². The summed E-state index contributed by atoms with van der Waals surface area (Å²) >= 11 is 0. The van der Waals surface area contributed by atoms with Crippen LogP contribution in [0.3, 0.4) is 0 Å². The van der Waals surface area contributed by atoms with E-state index >= 15 is 0 Å². The minimum absolute atomic E-state index is 0.0496. The second-order valence-electron chi connectivity index (χ2n) is 1.93. The molecule has 0 bridgehead atoms. The zero-order valence-electron chi connectivity index (χ0n) is 7.04. The fraction of sp³-hybridized carbons (Fsp3) is 0.667. The van der Waals surface area contributed by atoms with E-state index in [9.17, 15) is 4.79 Å². The van der Waals surface area contributed by atoms with Crippen LogP contribution in [0.5, 0.6) is 0 Å². The zero-order valence-corrected chi connectivity index (χ0v) is 7.04.